The Morgan fingerprint density at radius 2 is 1.74 bits per heavy atom. The molecule has 0 bridgehead atoms. The van der Waals surface area contributed by atoms with Gasteiger partial charge in [0.05, 0.1) is 0 Å². The second kappa shape index (κ2) is 9.10. The molecule has 1 rings (SSSR count). The normalized spacial score (nSPS) is 9.53. The van der Waals surface area contributed by atoms with Gasteiger partial charge in [-0.15, -0.1) is 0 Å². The van der Waals surface area contributed by atoms with Gasteiger partial charge in [0.15, 0.2) is 0 Å². The number of carbonyl (C=O) groups is 2. The molecule has 0 aromatic heterocycles. The van der Waals surface area contributed by atoms with E-state index in [1.54, 1.807) is 38.1 Å². The molecule has 0 spiro atoms. The average molecular weight is 267 g/mol. The number of hydrogen-bond donors (Lipinski definition) is 2. The lowest BCUT2D eigenvalue weighted by Gasteiger charge is -2.03. The Hall–Kier alpha value is -1.88. The van der Waals surface area contributed by atoms with E-state index >= 15 is 0 Å². The zero-order chi connectivity index (χ0) is 14.8. The topological polar surface area (TPSA) is 89.6 Å². The molecule has 5 nitrogen and oxygen atoms in total. The van der Waals surface area contributed by atoms with Crippen LogP contribution in [0.5, 0.6) is 0 Å². The molecule has 106 valence electrons. The number of ether oxygens (including phenoxy) is 1. The lowest BCUT2D eigenvalue weighted by Crippen LogP contribution is -2.08. The molecular formula is C14H21NO4. The monoisotopic (exact) mass is 267 g/mol. The third-order valence-electron chi connectivity index (χ3n) is 1.77. The Kier molecular flexibility index (Phi) is 8.20. The standard InChI is InChI=1S/C11H13NO3.C3H8O/c1-8(13)6-11(14)15-7-9-2-4-10(12)5-3-9;1-3(2)4/h2-5H,6-7,12H2,1H3;3-4H,1-2H3. The number of aliphatic hydroxyl groups excluding tert-OH is 1. The number of aliphatic hydroxyl groups is 1. The van der Waals surface area contributed by atoms with Crippen molar-refractivity contribution in [3.63, 3.8) is 0 Å². The van der Waals surface area contributed by atoms with E-state index in [0.717, 1.165) is 5.56 Å². The van der Waals surface area contributed by atoms with Gasteiger partial charge in [0.25, 0.3) is 0 Å². The minimum absolute atomic E-state index is 0.167. The second-order valence-electron chi connectivity index (χ2n) is 4.37. The molecule has 5 heteroatoms. The summed E-state index contributed by atoms with van der Waals surface area (Å²) < 4.78 is 4.88. The third-order valence-corrected chi connectivity index (χ3v) is 1.77. The predicted molar refractivity (Wildman–Crippen MR) is 73.3 cm³/mol. The molecule has 3 N–H and O–H groups in total. The first-order valence-electron chi connectivity index (χ1n) is 5.98. The van der Waals surface area contributed by atoms with Crippen molar-refractivity contribution in [2.24, 2.45) is 0 Å². The van der Waals surface area contributed by atoms with E-state index in [1.165, 1.54) is 6.92 Å². The molecule has 0 amide bonds. The number of hydrogen-bond acceptors (Lipinski definition) is 5. The van der Waals surface area contributed by atoms with Crippen LogP contribution in [0.25, 0.3) is 0 Å². The Labute approximate surface area is 113 Å². The number of carbonyl (C=O) groups excluding carboxylic acids is 2. The van der Waals surface area contributed by atoms with Gasteiger partial charge >= 0.3 is 5.97 Å². The number of rotatable bonds is 4. The molecule has 0 saturated heterocycles. The van der Waals surface area contributed by atoms with Gasteiger partial charge in [0.2, 0.25) is 0 Å². The maximum absolute atomic E-state index is 11.0. The van der Waals surface area contributed by atoms with Crippen molar-refractivity contribution in [3.8, 4) is 0 Å². The summed E-state index contributed by atoms with van der Waals surface area (Å²) in [6.45, 7) is 4.97. The van der Waals surface area contributed by atoms with Gasteiger partial charge in [-0.05, 0) is 38.5 Å². The van der Waals surface area contributed by atoms with Gasteiger partial charge in [-0.1, -0.05) is 12.1 Å². The number of benzene rings is 1. The number of anilines is 1. The zero-order valence-corrected chi connectivity index (χ0v) is 11.6. The largest absolute Gasteiger partial charge is 0.460 e. The van der Waals surface area contributed by atoms with E-state index in [0.29, 0.717) is 5.69 Å². The summed E-state index contributed by atoms with van der Waals surface area (Å²) in [4.78, 5) is 21.6. The van der Waals surface area contributed by atoms with E-state index in [4.69, 9.17) is 15.6 Å². The first-order chi connectivity index (χ1) is 8.81. The van der Waals surface area contributed by atoms with Crippen LogP contribution in [-0.4, -0.2) is 23.0 Å². The summed E-state index contributed by atoms with van der Waals surface area (Å²) in [5.41, 5.74) is 7.01. The summed E-state index contributed by atoms with van der Waals surface area (Å²) in [6, 6.07) is 7.01. The van der Waals surface area contributed by atoms with Gasteiger partial charge in [-0.3, -0.25) is 9.59 Å². The molecule has 1 aromatic carbocycles. The highest BCUT2D eigenvalue weighted by atomic mass is 16.5. The SMILES string of the molecule is CC(=O)CC(=O)OCc1ccc(N)cc1.CC(C)O. The maximum Gasteiger partial charge on any atom is 0.313 e. The summed E-state index contributed by atoms with van der Waals surface area (Å²) in [6.07, 6.45) is -0.338. The lowest BCUT2D eigenvalue weighted by atomic mass is 10.2. The average Bonchev–Trinajstić information content (AvgIpc) is 2.26. The fourth-order valence-electron chi connectivity index (χ4n) is 1.03. The van der Waals surface area contributed by atoms with Crippen molar-refractivity contribution in [1.82, 2.24) is 0 Å². The molecule has 0 atom stereocenters. The van der Waals surface area contributed by atoms with Crippen LogP contribution < -0.4 is 5.73 Å². The van der Waals surface area contributed by atoms with Crippen molar-refractivity contribution in [3.05, 3.63) is 29.8 Å². The molecule has 0 aliphatic rings. The number of nitrogens with two attached hydrogens (primary N) is 1. The van der Waals surface area contributed by atoms with Crippen LogP contribution in [-0.2, 0) is 20.9 Å². The molecule has 0 aliphatic heterocycles. The van der Waals surface area contributed by atoms with Crippen molar-refractivity contribution in [2.45, 2.75) is 39.9 Å². The highest BCUT2D eigenvalue weighted by Gasteiger charge is 2.06. The van der Waals surface area contributed by atoms with Crippen molar-refractivity contribution in [2.75, 3.05) is 5.73 Å². The first kappa shape index (κ1) is 17.1. The van der Waals surface area contributed by atoms with Crippen LogP contribution in [0.1, 0.15) is 32.8 Å². The van der Waals surface area contributed by atoms with Crippen LogP contribution in [0.4, 0.5) is 5.69 Å². The van der Waals surface area contributed by atoms with Crippen LogP contribution in [0.2, 0.25) is 0 Å². The lowest BCUT2D eigenvalue weighted by molar-refractivity contribution is -0.146. The van der Waals surface area contributed by atoms with E-state index in [2.05, 4.69) is 0 Å². The van der Waals surface area contributed by atoms with Gasteiger partial charge < -0.3 is 15.6 Å². The van der Waals surface area contributed by atoms with Crippen LogP contribution in [0.15, 0.2) is 24.3 Å². The molecule has 0 saturated carbocycles. The van der Waals surface area contributed by atoms with Gasteiger partial charge in [0, 0.05) is 11.8 Å². The highest BCUT2D eigenvalue weighted by Crippen LogP contribution is 2.07. The molecule has 0 unspecified atom stereocenters. The minimum atomic E-state index is -0.501. The van der Waals surface area contributed by atoms with Crippen molar-refractivity contribution in [1.29, 1.82) is 0 Å². The van der Waals surface area contributed by atoms with E-state index in [1.807, 2.05) is 0 Å². The number of ketones is 1. The molecule has 0 heterocycles. The number of nitrogen functional groups attached to an aromatic ring is 1. The Morgan fingerprint density at radius 1 is 1.26 bits per heavy atom. The Morgan fingerprint density at radius 3 is 2.16 bits per heavy atom. The Bertz CT molecular complexity index is 396. The quantitative estimate of drug-likeness (QED) is 0.492. The summed E-state index contributed by atoms with van der Waals surface area (Å²) >= 11 is 0. The summed E-state index contributed by atoms with van der Waals surface area (Å²) in [5, 5.41) is 8.06. The van der Waals surface area contributed by atoms with Crippen LogP contribution >= 0.6 is 0 Å². The highest BCUT2D eigenvalue weighted by molar-refractivity contribution is 5.94. The molecule has 19 heavy (non-hydrogen) atoms. The van der Waals surface area contributed by atoms with Crippen LogP contribution in [0, 0.1) is 0 Å². The third kappa shape index (κ3) is 11.0. The molecule has 0 aliphatic carbocycles. The van der Waals surface area contributed by atoms with Crippen molar-refractivity contribution >= 4 is 17.4 Å². The van der Waals surface area contributed by atoms with Gasteiger partial charge in [-0.2, -0.15) is 0 Å². The molecule has 0 fully saturated rings. The number of esters is 1. The zero-order valence-electron chi connectivity index (χ0n) is 11.6. The molecular weight excluding hydrogens is 246 g/mol. The summed E-state index contributed by atoms with van der Waals surface area (Å²) in [7, 11) is 0. The number of Topliss-reactive ketones (excluding diaryl/α,β-unsaturated/α-hetero) is 1. The fourth-order valence-corrected chi connectivity index (χ4v) is 1.03. The van der Waals surface area contributed by atoms with Crippen LogP contribution in [0.3, 0.4) is 0 Å². The smallest absolute Gasteiger partial charge is 0.313 e. The van der Waals surface area contributed by atoms with E-state index < -0.39 is 5.97 Å². The summed E-state index contributed by atoms with van der Waals surface area (Å²) in [5.74, 6) is -0.698. The van der Waals surface area contributed by atoms with Gasteiger partial charge in [-0.25, -0.2) is 0 Å². The minimum Gasteiger partial charge on any atom is -0.460 e. The first-order valence-corrected chi connectivity index (χ1v) is 5.98. The van der Waals surface area contributed by atoms with E-state index in [9.17, 15) is 9.59 Å². The van der Waals surface area contributed by atoms with Crippen molar-refractivity contribution < 1.29 is 19.4 Å². The molecule has 0 radical (unpaired) electrons. The maximum atomic E-state index is 11.0. The van der Waals surface area contributed by atoms with Gasteiger partial charge in [0.1, 0.15) is 18.8 Å². The fraction of sp³-hybridized carbons (Fsp3) is 0.429. The Balaban J connectivity index is 0.000000711. The molecule has 1 aromatic rings. The predicted octanol–water partition coefficient (Wildman–Crippen LogP) is 1.68. The van der Waals surface area contributed by atoms with E-state index in [-0.39, 0.29) is 24.9 Å². The second-order valence-corrected chi connectivity index (χ2v) is 4.37.